The van der Waals surface area contributed by atoms with E-state index in [4.69, 9.17) is 0 Å². The molecule has 0 spiro atoms. The minimum Gasteiger partial charge on any atom is -0.207 e. The second kappa shape index (κ2) is 6.52. The van der Waals surface area contributed by atoms with Crippen molar-refractivity contribution in [3.8, 4) is 10.4 Å². The Kier molecular flexibility index (Phi) is 4.24. The molecular weight excluding hydrogens is 315 g/mol. The van der Waals surface area contributed by atoms with Crippen LogP contribution in [0, 0.1) is 12.7 Å². The molecule has 1 aliphatic carbocycles. The summed E-state index contributed by atoms with van der Waals surface area (Å²) in [5.74, 6) is 0.599. The summed E-state index contributed by atoms with van der Waals surface area (Å²) in [4.78, 5) is 2.57. The minimum absolute atomic E-state index is 0.182. The normalized spacial score (nSPS) is 14.6. The van der Waals surface area contributed by atoms with Gasteiger partial charge in [0, 0.05) is 16.2 Å². The van der Waals surface area contributed by atoms with E-state index in [-0.39, 0.29) is 5.82 Å². The molecule has 2 heteroatoms. The molecule has 0 aliphatic heterocycles. The van der Waals surface area contributed by atoms with Crippen LogP contribution in [0.1, 0.15) is 46.7 Å². The largest absolute Gasteiger partial charge is 0.207 e. The Morgan fingerprint density at radius 3 is 2.50 bits per heavy atom. The first-order chi connectivity index (χ1) is 11.7. The summed E-state index contributed by atoms with van der Waals surface area (Å²) in [6, 6.07) is 18.1. The molecule has 4 rings (SSSR count). The van der Waals surface area contributed by atoms with Gasteiger partial charge in [-0.3, -0.25) is 0 Å². The van der Waals surface area contributed by atoms with Crippen LogP contribution in [0.5, 0.6) is 0 Å². The molecule has 1 aromatic heterocycles. The number of hydrogen-bond donors (Lipinski definition) is 0. The predicted molar refractivity (Wildman–Crippen MR) is 100 cm³/mol. The first kappa shape index (κ1) is 15.6. The van der Waals surface area contributed by atoms with Crippen molar-refractivity contribution in [2.24, 2.45) is 0 Å². The molecule has 0 N–H and O–H groups in total. The van der Waals surface area contributed by atoms with Gasteiger partial charge in [-0.15, -0.1) is 11.3 Å². The quantitative estimate of drug-likeness (QED) is 0.496. The van der Waals surface area contributed by atoms with Gasteiger partial charge in [0.25, 0.3) is 0 Å². The molecule has 0 amide bonds. The summed E-state index contributed by atoms with van der Waals surface area (Å²) in [5, 5.41) is 0. The summed E-state index contributed by atoms with van der Waals surface area (Å²) >= 11 is 1.81. The van der Waals surface area contributed by atoms with Gasteiger partial charge in [0.15, 0.2) is 0 Å². The van der Waals surface area contributed by atoms with Gasteiger partial charge in [-0.25, -0.2) is 4.39 Å². The molecule has 0 unspecified atom stereocenters. The van der Waals surface area contributed by atoms with Crippen LogP contribution in [-0.4, -0.2) is 0 Å². The third kappa shape index (κ3) is 3.16. The van der Waals surface area contributed by atoms with Gasteiger partial charge in [0.2, 0.25) is 0 Å². The number of aryl methyl sites for hydroxylation is 1. The SMILES string of the molecule is Cc1ccc(C2CCC2)cc1Cc1ccc(-c2ccc(F)cc2)s1. The van der Waals surface area contributed by atoms with Crippen LogP contribution in [-0.2, 0) is 6.42 Å². The fraction of sp³-hybridized carbons (Fsp3) is 0.273. The first-order valence-electron chi connectivity index (χ1n) is 8.63. The van der Waals surface area contributed by atoms with E-state index in [9.17, 15) is 4.39 Å². The fourth-order valence-corrected chi connectivity index (χ4v) is 4.34. The highest BCUT2D eigenvalue weighted by Crippen LogP contribution is 2.37. The molecule has 1 aliphatic rings. The van der Waals surface area contributed by atoms with Crippen LogP contribution in [0.2, 0.25) is 0 Å². The van der Waals surface area contributed by atoms with E-state index in [1.807, 2.05) is 12.1 Å². The van der Waals surface area contributed by atoms with Gasteiger partial charge < -0.3 is 0 Å². The number of benzene rings is 2. The molecule has 0 atom stereocenters. The molecule has 0 radical (unpaired) electrons. The highest BCUT2D eigenvalue weighted by molar-refractivity contribution is 7.15. The Bertz CT molecular complexity index is 841. The van der Waals surface area contributed by atoms with Crippen molar-refractivity contribution >= 4 is 11.3 Å². The lowest BCUT2D eigenvalue weighted by Gasteiger charge is -2.26. The second-order valence-corrected chi connectivity index (χ2v) is 7.93. The van der Waals surface area contributed by atoms with Crippen LogP contribution >= 0.6 is 11.3 Å². The third-order valence-corrected chi connectivity index (χ3v) is 6.24. The Hall–Kier alpha value is -1.93. The van der Waals surface area contributed by atoms with Crippen molar-refractivity contribution in [1.82, 2.24) is 0 Å². The maximum Gasteiger partial charge on any atom is 0.123 e. The van der Waals surface area contributed by atoms with Gasteiger partial charge in [0.05, 0.1) is 0 Å². The van der Waals surface area contributed by atoms with Gasteiger partial charge in [-0.1, -0.05) is 36.8 Å². The molecular formula is C22H21FS. The molecule has 3 aromatic rings. The predicted octanol–water partition coefficient (Wildman–Crippen LogP) is 6.72. The lowest BCUT2D eigenvalue weighted by Crippen LogP contribution is -2.09. The Labute approximate surface area is 147 Å². The van der Waals surface area contributed by atoms with Crippen molar-refractivity contribution in [2.75, 3.05) is 0 Å². The van der Waals surface area contributed by atoms with Gasteiger partial charge in [0.1, 0.15) is 5.82 Å². The lowest BCUT2D eigenvalue weighted by atomic mass is 9.79. The summed E-state index contributed by atoms with van der Waals surface area (Å²) in [5.41, 5.74) is 5.41. The standard InChI is InChI=1S/C22H21FS/c1-15-5-6-18(16-3-2-4-16)13-19(15)14-21-11-12-22(24-21)17-7-9-20(23)10-8-17/h5-13,16H,2-4,14H2,1H3. The highest BCUT2D eigenvalue weighted by Gasteiger charge is 2.20. The van der Waals surface area contributed by atoms with Crippen LogP contribution in [0.15, 0.2) is 54.6 Å². The average molecular weight is 336 g/mol. The average Bonchev–Trinajstić information content (AvgIpc) is 2.98. The van der Waals surface area contributed by atoms with Crippen LogP contribution < -0.4 is 0 Å². The third-order valence-electron chi connectivity index (χ3n) is 5.10. The van der Waals surface area contributed by atoms with Gasteiger partial charge in [-0.05, 0) is 72.2 Å². The van der Waals surface area contributed by atoms with E-state index in [0.717, 1.165) is 17.9 Å². The number of thiophene rings is 1. The van der Waals surface area contributed by atoms with Crippen LogP contribution in [0.3, 0.4) is 0 Å². The zero-order chi connectivity index (χ0) is 16.5. The molecule has 122 valence electrons. The van der Waals surface area contributed by atoms with Crippen molar-refractivity contribution in [2.45, 2.75) is 38.5 Å². The second-order valence-electron chi connectivity index (χ2n) is 6.76. The van der Waals surface area contributed by atoms with E-state index in [2.05, 4.69) is 37.3 Å². The van der Waals surface area contributed by atoms with Gasteiger partial charge in [-0.2, -0.15) is 0 Å². The Balaban J connectivity index is 1.56. The number of rotatable bonds is 4. The van der Waals surface area contributed by atoms with E-state index >= 15 is 0 Å². The smallest absolute Gasteiger partial charge is 0.123 e. The number of halogens is 1. The zero-order valence-electron chi connectivity index (χ0n) is 13.9. The topological polar surface area (TPSA) is 0 Å². The fourth-order valence-electron chi connectivity index (χ4n) is 3.31. The molecule has 0 bridgehead atoms. The van der Waals surface area contributed by atoms with Crippen LogP contribution in [0.25, 0.3) is 10.4 Å². The van der Waals surface area contributed by atoms with E-state index in [1.54, 1.807) is 11.3 Å². The van der Waals surface area contributed by atoms with Crippen molar-refractivity contribution in [3.63, 3.8) is 0 Å². The Morgan fingerprint density at radius 1 is 1.00 bits per heavy atom. The zero-order valence-corrected chi connectivity index (χ0v) is 14.7. The molecule has 0 saturated heterocycles. The maximum absolute atomic E-state index is 13.1. The Morgan fingerprint density at radius 2 is 1.79 bits per heavy atom. The monoisotopic (exact) mass is 336 g/mol. The maximum atomic E-state index is 13.1. The number of hydrogen-bond acceptors (Lipinski definition) is 1. The molecule has 1 fully saturated rings. The van der Waals surface area contributed by atoms with Gasteiger partial charge >= 0.3 is 0 Å². The lowest BCUT2D eigenvalue weighted by molar-refractivity contribution is 0.419. The van der Waals surface area contributed by atoms with E-state index in [0.29, 0.717) is 0 Å². The summed E-state index contributed by atoms with van der Waals surface area (Å²) in [6.07, 6.45) is 5.05. The summed E-state index contributed by atoms with van der Waals surface area (Å²) < 4.78 is 13.1. The minimum atomic E-state index is -0.182. The molecule has 1 saturated carbocycles. The summed E-state index contributed by atoms with van der Waals surface area (Å²) in [6.45, 7) is 2.20. The van der Waals surface area contributed by atoms with E-state index in [1.165, 1.54) is 57.8 Å². The highest BCUT2D eigenvalue weighted by atomic mass is 32.1. The van der Waals surface area contributed by atoms with Crippen molar-refractivity contribution in [3.05, 3.63) is 82.0 Å². The summed E-state index contributed by atoms with van der Waals surface area (Å²) in [7, 11) is 0. The van der Waals surface area contributed by atoms with Crippen molar-refractivity contribution in [1.29, 1.82) is 0 Å². The first-order valence-corrected chi connectivity index (χ1v) is 9.45. The van der Waals surface area contributed by atoms with E-state index < -0.39 is 0 Å². The molecule has 2 aromatic carbocycles. The van der Waals surface area contributed by atoms with Crippen molar-refractivity contribution < 1.29 is 4.39 Å². The molecule has 1 heterocycles. The van der Waals surface area contributed by atoms with Crippen LogP contribution in [0.4, 0.5) is 4.39 Å². The molecule has 24 heavy (non-hydrogen) atoms. The molecule has 0 nitrogen and oxygen atoms in total.